The van der Waals surface area contributed by atoms with E-state index < -0.39 is 0 Å². The molecule has 146 valence electrons. The number of nitrogens with one attached hydrogen (secondary N) is 1. The average Bonchev–Trinajstić information content (AvgIpc) is 3.09. The predicted molar refractivity (Wildman–Crippen MR) is 116 cm³/mol. The molecule has 0 radical (unpaired) electrons. The first kappa shape index (κ1) is 18.7. The summed E-state index contributed by atoms with van der Waals surface area (Å²) in [5.41, 5.74) is 5.75. The van der Waals surface area contributed by atoms with Crippen molar-refractivity contribution in [2.75, 3.05) is 11.9 Å². The third-order valence-electron chi connectivity index (χ3n) is 4.73. The molecule has 1 amide bonds. The summed E-state index contributed by atoms with van der Waals surface area (Å²) in [4.78, 5) is 18.0. The van der Waals surface area contributed by atoms with Crippen LogP contribution in [0.1, 0.15) is 28.5 Å². The van der Waals surface area contributed by atoms with E-state index in [2.05, 4.69) is 5.32 Å². The van der Waals surface area contributed by atoms with Gasteiger partial charge >= 0.3 is 0 Å². The van der Waals surface area contributed by atoms with Crippen molar-refractivity contribution >= 4 is 17.2 Å². The molecule has 0 aliphatic rings. The summed E-state index contributed by atoms with van der Waals surface area (Å²) in [5, 5.41) is 2.99. The Morgan fingerprint density at radius 3 is 2.34 bits per heavy atom. The summed E-state index contributed by atoms with van der Waals surface area (Å²) in [6.07, 6.45) is 1.94. The number of benzene rings is 2. The van der Waals surface area contributed by atoms with Crippen molar-refractivity contribution < 1.29 is 9.53 Å². The summed E-state index contributed by atoms with van der Waals surface area (Å²) in [6, 6.07) is 19.3. The van der Waals surface area contributed by atoms with Crippen molar-refractivity contribution in [3.63, 3.8) is 0 Å². The summed E-state index contributed by atoms with van der Waals surface area (Å²) in [6.45, 7) is 6.58. The van der Waals surface area contributed by atoms with E-state index in [1.165, 1.54) is 0 Å². The van der Waals surface area contributed by atoms with Gasteiger partial charge in [-0.15, -0.1) is 0 Å². The van der Waals surface area contributed by atoms with Crippen molar-refractivity contribution in [2.24, 2.45) is 0 Å². The second-order valence-electron chi connectivity index (χ2n) is 7.02. The Bertz CT molecular complexity index is 1160. The minimum Gasteiger partial charge on any atom is -0.494 e. The van der Waals surface area contributed by atoms with Gasteiger partial charge in [-0.05, 0) is 56.7 Å². The minimum absolute atomic E-state index is 0.206. The molecule has 0 aliphatic heterocycles. The van der Waals surface area contributed by atoms with Gasteiger partial charge in [-0.3, -0.25) is 9.20 Å². The van der Waals surface area contributed by atoms with Gasteiger partial charge in [-0.25, -0.2) is 4.98 Å². The second kappa shape index (κ2) is 7.80. The summed E-state index contributed by atoms with van der Waals surface area (Å²) in [5.74, 6) is 0.569. The Morgan fingerprint density at radius 1 is 0.966 bits per heavy atom. The van der Waals surface area contributed by atoms with E-state index in [-0.39, 0.29) is 5.91 Å². The maximum absolute atomic E-state index is 13.3. The fourth-order valence-corrected chi connectivity index (χ4v) is 3.27. The molecule has 1 N–H and O–H groups in total. The van der Waals surface area contributed by atoms with E-state index in [0.29, 0.717) is 23.7 Å². The number of rotatable bonds is 5. The molecule has 0 bridgehead atoms. The molecule has 2 aromatic heterocycles. The Balaban J connectivity index is 1.76. The molecule has 0 saturated heterocycles. The largest absolute Gasteiger partial charge is 0.494 e. The zero-order valence-electron chi connectivity index (χ0n) is 16.8. The molecule has 4 aromatic rings. The number of anilines is 1. The lowest BCUT2D eigenvalue weighted by molar-refractivity contribution is 0.102. The summed E-state index contributed by atoms with van der Waals surface area (Å²) in [7, 11) is 0. The van der Waals surface area contributed by atoms with Crippen LogP contribution in [0.3, 0.4) is 0 Å². The van der Waals surface area contributed by atoms with Crippen LogP contribution in [0.4, 0.5) is 5.69 Å². The standard InChI is InChI=1S/C24H23N3O2/c1-4-29-20-12-10-19(11-13-20)25-24(28)23-22(18-8-5-16(2)6-9-18)26-21-14-7-17(3)15-27(21)23/h5-15H,4H2,1-3H3,(H,25,28). The molecule has 0 unspecified atom stereocenters. The first-order valence-electron chi connectivity index (χ1n) is 9.65. The maximum Gasteiger partial charge on any atom is 0.274 e. The van der Waals surface area contributed by atoms with Gasteiger partial charge in [0.25, 0.3) is 5.91 Å². The van der Waals surface area contributed by atoms with Gasteiger partial charge in [0, 0.05) is 17.4 Å². The number of hydrogen-bond acceptors (Lipinski definition) is 3. The van der Waals surface area contributed by atoms with E-state index in [1.54, 1.807) is 0 Å². The van der Waals surface area contributed by atoms with E-state index in [4.69, 9.17) is 9.72 Å². The minimum atomic E-state index is -0.206. The quantitative estimate of drug-likeness (QED) is 0.509. The number of fused-ring (bicyclic) bond motifs is 1. The van der Waals surface area contributed by atoms with Crippen LogP contribution in [0, 0.1) is 13.8 Å². The SMILES string of the molecule is CCOc1ccc(NC(=O)c2c(-c3ccc(C)cc3)nc3ccc(C)cn23)cc1. The number of hydrogen-bond donors (Lipinski definition) is 1. The third kappa shape index (κ3) is 3.85. The van der Waals surface area contributed by atoms with Crippen molar-refractivity contribution in [1.82, 2.24) is 9.38 Å². The predicted octanol–water partition coefficient (Wildman–Crippen LogP) is 5.27. The summed E-state index contributed by atoms with van der Waals surface area (Å²) < 4.78 is 7.32. The molecule has 4 rings (SSSR count). The fourth-order valence-electron chi connectivity index (χ4n) is 3.27. The van der Waals surface area contributed by atoms with Crippen molar-refractivity contribution in [3.05, 3.63) is 83.7 Å². The lowest BCUT2D eigenvalue weighted by Crippen LogP contribution is -2.15. The molecule has 29 heavy (non-hydrogen) atoms. The van der Waals surface area contributed by atoms with Crippen LogP contribution >= 0.6 is 0 Å². The van der Waals surface area contributed by atoms with E-state index in [1.807, 2.05) is 92.0 Å². The molecule has 5 heteroatoms. The van der Waals surface area contributed by atoms with Crippen LogP contribution in [0.25, 0.3) is 16.9 Å². The molecule has 2 aromatic carbocycles. The Labute approximate surface area is 170 Å². The Hall–Kier alpha value is -3.60. The number of amides is 1. The van der Waals surface area contributed by atoms with Gasteiger partial charge in [-0.2, -0.15) is 0 Å². The topological polar surface area (TPSA) is 55.6 Å². The molecule has 2 heterocycles. The molecule has 0 saturated carbocycles. The number of nitrogens with zero attached hydrogens (tertiary/aromatic N) is 2. The zero-order valence-corrected chi connectivity index (χ0v) is 16.8. The summed E-state index contributed by atoms with van der Waals surface area (Å²) >= 11 is 0. The number of imidazole rings is 1. The second-order valence-corrected chi connectivity index (χ2v) is 7.02. The lowest BCUT2D eigenvalue weighted by Gasteiger charge is -2.09. The van der Waals surface area contributed by atoms with Crippen LogP contribution in [-0.2, 0) is 0 Å². The Kier molecular flexibility index (Phi) is 5.04. The van der Waals surface area contributed by atoms with Crippen molar-refractivity contribution in [1.29, 1.82) is 0 Å². The van der Waals surface area contributed by atoms with Gasteiger partial charge in [-0.1, -0.05) is 35.9 Å². The highest BCUT2D eigenvalue weighted by Gasteiger charge is 2.21. The average molecular weight is 385 g/mol. The van der Waals surface area contributed by atoms with Gasteiger partial charge in [0.15, 0.2) is 0 Å². The highest BCUT2D eigenvalue weighted by molar-refractivity contribution is 6.07. The van der Waals surface area contributed by atoms with Crippen LogP contribution in [-0.4, -0.2) is 21.9 Å². The molecule has 5 nitrogen and oxygen atoms in total. The zero-order chi connectivity index (χ0) is 20.4. The number of carbonyl (C=O) groups excluding carboxylic acids is 1. The number of carbonyl (C=O) groups is 1. The highest BCUT2D eigenvalue weighted by atomic mass is 16.5. The highest BCUT2D eigenvalue weighted by Crippen LogP contribution is 2.26. The molecule has 0 spiro atoms. The van der Waals surface area contributed by atoms with Gasteiger partial charge < -0.3 is 10.1 Å². The first-order chi connectivity index (χ1) is 14.0. The van der Waals surface area contributed by atoms with Crippen molar-refractivity contribution in [3.8, 4) is 17.0 Å². The molecular formula is C24H23N3O2. The van der Waals surface area contributed by atoms with Gasteiger partial charge in [0.1, 0.15) is 22.8 Å². The molecule has 0 fully saturated rings. The first-order valence-corrected chi connectivity index (χ1v) is 9.65. The van der Waals surface area contributed by atoms with Gasteiger partial charge in [0.2, 0.25) is 0 Å². The normalized spacial score (nSPS) is 10.9. The number of pyridine rings is 1. The number of aromatic nitrogens is 2. The number of ether oxygens (including phenoxy) is 1. The lowest BCUT2D eigenvalue weighted by atomic mass is 10.1. The van der Waals surface area contributed by atoms with Gasteiger partial charge in [0.05, 0.1) is 6.61 Å². The third-order valence-corrected chi connectivity index (χ3v) is 4.73. The van der Waals surface area contributed by atoms with Crippen LogP contribution in [0.15, 0.2) is 66.9 Å². The van der Waals surface area contributed by atoms with E-state index >= 15 is 0 Å². The molecule has 0 atom stereocenters. The van der Waals surface area contributed by atoms with E-state index in [9.17, 15) is 4.79 Å². The van der Waals surface area contributed by atoms with Crippen LogP contribution < -0.4 is 10.1 Å². The smallest absolute Gasteiger partial charge is 0.274 e. The molecular weight excluding hydrogens is 362 g/mol. The Morgan fingerprint density at radius 2 is 1.66 bits per heavy atom. The monoisotopic (exact) mass is 385 g/mol. The van der Waals surface area contributed by atoms with Crippen molar-refractivity contribution in [2.45, 2.75) is 20.8 Å². The fraction of sp³-hybridized carbons (Fsp3) is 0.167. The van der Waals surface area contributed by atoms with Crippen LogP contribution in [0.5, 0.6) is 5.75 Å². The maximum atomic E-state index is 13.3. The van der Waals surface area contributed by atoms with E-state index in [0.717, 1.165) is 28.1 Å². The van der Waals surface area contributed by atoms with Crippen LogP contribution in [0.2, 0.25) is 0 Å². The number of aryl methyl sites for hydroxylation is 2. The molecule has 0 aliphatic carbocycles.